The molecule has 2 aromatic carbocycles. The van der Waals surface area contributed by atoms with E-state index in [1.807, 2.05) is 0 Å². The predicted octanol–water partition coefficient (Wildman–Crippen LogP) is 5.16. The first-order chi connectivity index (χ1) is 15.0. The Balaban J connectivity index is 1.62. The van der Waals surface area contributed by atoms with Gasteiger partial charge in [0.2, 0.25) is 0 Å². The molecule has 0 atom stereocenters. The molecular weight excluding hydrogens is 418 g/mol. The average molecular weight is 431 g/mol. The third-order valence-electron chi connectivity index (χ3n) is 4.30. The molecule has 0 fully saturated rings. The van der Waals surface area contributed by atoms with Gasteiger partial charge in [-0.25, -0.2) is 15.0 Å². The third-order valence-corrected chi connectivity index (χ3v) is 5.26. The highest BCUT2D eigenvalue weighted by Crippen LogP contribution is 2.34. The summed E-state index contributed by atoms with van der Waals surface area (Å²) in [5, 5.41) is 23.5. The molecule has 0 saturated heterocycles. The van der Waals surface area contributed by atoms with Gasteiger partial charge in [0.25, 0.3) is 11.4 Å². The fourth-order valence-corrected chi connectivity index (χ4v) is 3.69. The number of pyridine rings is 1. The molecule has 2 aromatic heterocycles. The van der Waals surface area contributed by atoms with E-state index in [0.717, 1.165) is 11.8 Å². The Kier molecular flexibility index (Phi) is 5.63. The summed E-state index contributed by atoms with van der Waals surface area (Å²) in [6.07, 6.45) is 6.54. The van der Waals surface area contributed by atoms with Crippen molar-refractivity contribution in [2.75, 3.05) is 0 Å². The van der Waals surface area contributed by atoms with Crippen LogP contribution >= 0.6 is 11.8 Å². The smallest absolute Gasteiger partial charge is 0.258 e. The second-order valence-electron chi connectivity index (χ2n) is 6.29. The Labute approximate surface area is 179 Å². The van der Waals surface area contributed by atoms with E-state index in [1.54, 1.807) is 67.0 Å². The van der Waals surface area contributed by atoms with Crippen LogP contribution < -0.4 is 0 Å². The molecule has 31 heavy (non-hydrogen) atoms. The average Bonchev–Trinajstić information content (AvgIpc) is 2.78. The van der Waals surface area contributed by atoms with Gasteiger partial charge in [-0.1, -0.05) is 18.2 Å². The number of benzene rings is 2. The number of nitro benzene ring substituents is 2. The van der Waals surface area contributed by atoms with Gasteiger partial charge in [0.1, 0.15) is 0 Å². The molecule has 10 heteroatoms. The summed E-state index contributed by atoms with van der Waals surface area (Å²) in [5.74, 6) is 0. The monoisotopic (exact) mass is 431 g/mol. The minimum absolute atomic E-state index is 0.00774. The topological polar surface area (TPSA) is 125 Å². The van der Waals surface area contributed by atoms with E-state index in [0.29, 0.717) is 32.2 Å². The van der Waals surface area contributed by atoms with Crippen LogP contribution in [0.5, 0.6) is 0 Å². The van der Waals surface area contributed by atoms with Crippen LogP contribution in [0.3, 0.4) is 0 Å². The van der Waals surface area contributed by atoms with Gasteiger partial charge in [-0.2, -0.15) is 0 Å². The van der Waals surface area contributed by atoms with E-state index >= 15 is 0 Å². The second kappa shape index (κ2) is 8.67. The van der Waals surface area contributed by atoms with Gasteiger partial charge in [0.15, 0.2) is 5.16 Å². The van der Waals surface area contributed by atoms with Crippen LogP contribution in [0.15, 0.2) is 77.0 Å². The van der Waals surface area contributed by atoms with E-state index in [-0.39, 0.29) is 11.4 Å². The fourth-order valence-electron chi connectivity index (χ4n) is 2.89. The fraction of sp³-hybridized carbons (Fsp3) is 0. The van der Waals surface area contributed by atoms with Crippen molar-refractivity contribution in [2.24, 2.45) is 0 Å². The van der Waals surface area contributed by atoms with Crippen molar-refractivity contribution in [1.82, 2.24) is 15.0 Å². The summed E-state index contributed by atoms with van der Waals surface area (Å²) in [5.41, 5.74) is 1.63. The summed E-state index contributed by atoms with van der Waals surface area (Å²) in [4.78, 5) is 34.8. The number of nitrogens with zero attached hydrogens (tertiary/aromatic N) is 5. The maximum absolute atomic E-state index is 11.5. The zero-order valence-electron chi connectivity index (χ0n) is 15.8. The summed E-state index contributed by atoms with van der Waals surface area (Å²) in [6.45, 7) is 0. The second-order valence-corrected chi connectivity index (χ2v) is 7.30. The number of hydrogen-bond acceptors (Lipinski definition) is 8. The Bertz CT molecular complexity index is 1330. The molecule has 4 rings (SSSR count). The quantitative estimate of drug-likeness (QED) is 0.233. The molecule has 0 saturated carbocycles. The van der Waals surface area contributed by atoms with Crippen LogP contribution in [0.25, 0.3) is 23.1 Å². The van der Waals surface area contributed by atoms with Crippen molar-refractivity contribution in [3.05, 3.63) is 98.5 Å². The zero-order valence-corrected chi connectivity index (χ0v) is 16.6. The number of aromatic nitrogens is 3. The first kappa shape index (κ1) is 20.1. The van der Waals surface area contributed by atoms with E-state index in [9.17, 15) is 20.2 Å². The Hall–Kier alpha value is -4.18. The van der Waals surface area contributed by atoms with Crippen LogP contribution in [0.1, 0.15) is 11.3 Å². The molecule has 0 spiro atoms. The maximum Gasteiger partial charge on any atom is 0.283 e. The lowest BCUT2D eigenvalue weighted by Gasteiger charge is -2.03. The molecule has 0 unspecified atom stereocenters. The van der Waals surface area contributed by atoms with E-state index in [1.165, 1.54) is 12.1 Å². The molecule has 152 valence electrons. The molecule has 0 amide bonds. The minimum atomic E-state index is -0.448. The predicted molar refractivity (Wildman–Crippen MR) is 117 cm³/mol. The lowest BCUT2D eigenvalue weighted by Crippen LogP contribution is -1.93. The van der Waals surface area contributed by atoms with Crippen molar-refractivity contribution in [1.29, 1.82) is 0 Å². The molecule has 0 aliphatic carbocycles. The SMILES string of the molecule is O=[N+]([O-])c1cc(C=Cc2ccc3c([N+](=O)[O-])cccc3n2)ccc1Sc1ncccn1. The van der Waals surface area contributed by atoms with Crippen molar-refractivity contribution in [3.63, 3.8) is 0 Å². The number of rotatable bonds is 6. The molecule has 0 radical (unpaired) electrons. The molecule has 0 aliphatic heterocycles. The van der Waals surface area contributed by atoms with Crippen molar-refractivity contribution in [3.8, 4) is 0 Å². The summed E-state index contributed by atoms with van der Waals surface area (Å²) in [6, 6.07) is 14.5. The lowest BCUT2D eigenvalue weighted by atomic mass is 10.1. The van der Waals surface area contributed by atoms with Crippen molar-refractivity contribution in [2.45, 2.75) is 10.1 Å². The first-order valence-electron chi connectivity index (χ1n) is 8.97. The van der Waals surface area contributed by atoms with Gasteiger partial charge in [-0.3, -0.25) is 20.2 Å². The standard InChI is InChI=1S/C21H13N5O4S/c27-25(28)18-4-1-3-17-16(18)9-8-15(24-17)7-5-14-6-10-20(19(13-14)26(29)30)31-21-22-11-2-12-23-21/h1-13H. The zero-order chi connectivity index (χ0) is 21.8. The summed E-state index contributed by atoms with van der Waals surface area (Å²) >= 11 is 1.12. The third kappa shape index (κ3) is 4.54. The Morgan fingerprint density at radius 2 is 1.61 bits per heavy atom. The molecule has 2 heterocycles. The van der Waals surface area contributed by atoms with Crippen molar-refractivity contribution >= 4 is 46.2 Å². The largest absolute Gasteiger partial charge is 0.283 e. The first-order valence-corrected chi connectivity index (χ1v) is 9.78. The number of hydrogen-bond donors (Lipinski definition) is 0. The molecule has 0 aliphatic rings. The van der Waals surface area contributed by atoms with Gasteiger partial charge < -0.3 is 0 Å². The molecular formula is C21H13N5O4S. The van der Waals surface area contributed by atoms with E-state index in [2.05, 4.69) is 15.0 Å². The summed E-state index contributed by atoms with van der Waals surface area (Å²) in [7, 11) is 0. The number of non-ortho nitro benzene ring substituents is 1. The van der Waals surface area contributed by atoms with Crippen LogP contribution in [-0.4, -0.2) is 24.8 Å². The molecule has 4 aromatic rings. The maximum atomic E-state index is 11.5. The summed E-state index contributed by atoms with van der Waals surface area (Å²) < 4.78 is 0. The van der Waals surface area contributed by atoms with Crippen LogP contribution in [0, 0.1) is 20.2 Å². The number of fused-ring (bicyclic) bond motifs is 1. The Morgan fingerprint density at radius 1 is 0.839 bits per heavy atom. The van der Waals surface area contributed by atoms with Gasteiger partial charge in [-0.05, 0) is 53.7 Å². The van der Waals surface area contributed by atoms with Crippen molar-refractivity contribution < 1.29 is 9.85 Å². The van der Waals surface area contributed by atoms with Gasteiger partial charge >= 0.3 is 0 Å². The minimum Gasteiger partial charge on any atom is -0.258 e. The highest BCUT2D eigenvalue weighted by atomic mass is 32.2. The van der Waals surface area contributed by atoms with E-state index in [4.69, 9.17) is 0 Å². The molecule has 9 nitrogen and oxygen atoms in total. The highest BCUT2D eigenvalue weighted by molar-refractivity contribution is 7.99. The molecule has 0 N–H and O–H groups in total. The highest BCUT2D eigenvalue weighted by Gasteiger charge is 2.16. The Morgan fingerprint density at radius 3 is 2.35 bits per heavy atom. The van der Waals surface area contributed by atoms with Crippen LogP contribution in [-0.2, 0) is 0 Å². The normalized spacial score (nSPS) is 11.1. The van der Waals surface area contributed by atoms with Gasteiger partial charge in [0.05, 0.1) is 31.3 Å². The van der Waals surface area contributed by atoms with Gasteiger partial charge in [0, 0.05) is 24.5 Å². The number of nitro groups is 2. The van der Waals surface area contributed by atoms with Crippen LogP contribution in [0.2, 0.25) is 0 Å². The lowest BCUT2D eigenvalue weighted by molar-refractivity contribution is -0.387. The van der Waals surface area contributed by atoms with Gasteiger partial charge in [-0.15, -0.1) is 0 Å². The molecule has 0 bridgehead atoms. The van der Waals surface area contributed by atoms with Crippen LogP contribution in [0.4, 0.5) is 11.4 Å². The van der Waals surface area contributed by atoms with E-state index < -0.39 is 9.85 Å².